The molecule has 4 heteroatoms. The van der Waals surface area contributed by atoms with E-state index in [1.54, 1.807) is 12.4 Å². The van der Waals surface area contributed by atoms with E-state index in [1.165, 1.54) is 0 Å². The van der Waals surface area contributed by atoms with Gasteiger partial charge in [-0.15, -0.1) is 0 Å². The highest BCUT2D eigenvalue weighted by Gasteiger charge is 2.07. The second kappa shape index (κ2) is 6.41. The van der Waals surface area contributed by atoms with Crippen molar-refractivity contribution in [1.29, 1.82) is 0 Å². The Hall–Kier alpha value is -2.33. The standard InChI is InChI=1S/C17H12BrN3/c18-15-11-19-17(20-12-15)21-16(13-7-3-1-4-8-13)14-9-5-2-6-10-14/h1-12H. The van der Waals surface area contributed by atoms with Crippen LogP contribution in [-0.2, 0) is 0 Å². The number of rotatable bonds is 3. The average Bonchev–Trinajstić information content (AvgIpc) is 2.56. The Balaban J connectivity index is 2.10. The summed E-state index contributed by atoms with van der Waals surface area (Å²) in [6, 6.07) is 20.1. The van der Waals surface area contributed by atoms with Crippen molar-refractivity contribution >= 4 is 27.6 Å². The van der Waals surface area contributed by atoms with Crippen LogP contribution in [0.2, 0.25) is 0 Å². The number of hydrogen-bond acceptors (Lipinski definition) is 3. The van der Waals surface area contributed by atoms with E-state index in [-0.39, 0.29) is 0 Å². The van der Waals surface area contributed by atoms with Crippen LogP contribution >= 0.6 is 15.9 Å². The third-order valence-corrected chi connectivity index (χ3v) is 3.32. The fourth-order valence-electron chi connectivity index (χ4n) is 1.95. The minimum Gasteiger partial charge on any atom is -0.218 e. The molecule has 1 aromatic heterocycles. The Labute approximate surface area is 131 Å². The van der Waals surface area contributed by atoms with Gasteiger partial charge in [-0.25, -0.2) is 15.0 Å². The van der Waals surface area contributed by atoms with Gasteiger partial charge in [0, 0.05) is 23.5 Å². The van der Waals surface area contributed by atoms with Gasteiger partial charge < -0.3 is 0 Å². The SMILES string of the molecule is Brc1cnc(N=C(c2ccccc2)c2ccccc2)nc1. The van der Waals surface area contributed by atoms with Gasteiger partial charge in [0.2, 0.25) is 5.95 Å². The van der Waals surface area contributed by atoms with E-state index in [0.29, 0.717) is 5.95 Å². The first-order valence-electron chi connectivity index (χ1n) is 6.50. The van der Waals surface area contributed by atoms with E-state index < -0.39 is 0 Å². The Morgan fingerprint density at radius 1 is 0.762 bits per heavy atom. The molecule has 0 aliphatic carbocycles. The fraction of sp³-hybridized carbons (Fsp3) is 0. The minimum absolute atomic E-state index is 0.445. The maximum atomic E-state index is 4.61. The third-order valence-electron chi connectivity index (χ3n) is 2.91. The van der Waals surface area contributed by atoms with Gasteiger partial charge in [-0.2, -0.15) is 0 Å². The first-order chi connectivity index (χ1) is 10.3. The molecule has 102 valence electrons. The van der Waals surface area contributed by atoms with Crippen LogP contribution in [0.5, 0.6) is 0 Å². The van der Waals surface area contributed by atoms with Gasteiger partial charge in [0.05, 0.1) is 10.2 Å². The topological polar surface area (TPSA) is 38.1 Å². The lowest BCUT2D eigenvalue weighted by molar-refractivity contribution is 1.12. The van der Waals surface area contributed by atoms with Gasteiger partial charge in [0.1, 0.15) is 0 Å². The lowest BCUT2D eigenvalue weighted by Gasteiger charge is -2.06. The Morgan fingerprint density at radius 2 is 1.24 bits per heavy atom. The van der Waals surface area contributed by atoms with Crippen molar-refractivity contribution in [3.63, 3.8) is 0 Å². The molecule has 3 aromatic rings. The van der Waals surface area contributed by atoms with Crippen molar-refractivity contribution in [2.45, 2.75) is 0 Å². The van der Waals surface area contributed by atoms with E-state index in [9.17, 15) is 0 Å². The highest BCUT2D eigenvalue weighted by molar-refractivity contribution is 9.10. The molecule has 2 aromatic carbocycles. The smallest absolute Gasteiger partial charge is 0.218 e. The van der Waals surface area contributed by atoms with Crippen molar-refractivity contribution in [3.8, 4) is 0 Å². The molecule has 0 atom stereocenters. The molecule has 0 unspecified atom stereocenters. The minimum atomic E-state index is 0.445. The molecular formula is C17H12BrN3. The zero-order valence-electron chi connectivity index (χ0n) is 11.1. The molecule has 3 nitrogen and oxygen atoms in total. The highest BCUT2D eigenvalue weighted by Crippen LogP contribution is 2.16. The van der Waals surface area contributed by atoms with E-state index >= 15 is 0 Å². The molecule has 0 bridgehead atoms. The molecule has 0 amide bonds. The van der Waals surface area contributed by atoms with Gasteiger partial charge in [0.25, 0.3) is 0 Å². The molecule has 0 saturated heterocycles. The van der Waals surface area contributed by atoms with Crippen molar-refractivity contribution in [3.05, 3.63) is 88.7 Å². The van der Waals surface area contributed by atoms with Crippen LogP contribution in [0, 0.1) is 0 Å². The molecule has 0 fully saturated rings. The van der Waals surface area contributed by atoms with Crippen LogP contribution in [0.15, 0.2) is 82.5 Å². The molecule has 0 saturated carbocycles. The zero-order valence-corrected chi connectivity index (χ0v) is 12.7. The fourth-order valence-corrected chi connectivity index (χ4v) is 2.16. The molecular weight excluding hydrogens is 326 g/mol. The monoisotopic (exact) mass is 337 g/mol. The molecule has 21 heavy (non-hydrogen) atoms. The quantitative estimate of drug-likeness (QED) is 0.664. The van der Waals surface area contributed by atoms with Crippen LogP contribution in [0.1, 0.15) is 11.1 Å². The van der Waals surface area contributed by atoms with Crippen molar-refractivity contribution in [2.75, 3.05) is 0 Å². The zero-order chi connectivity index (χ0) is 14.5. The summed E-state index contributed by atoms with van der Waals surface area (Å²) in [6.45, 7) is 0. The molecule has 0 spiro atoms. The normalized spacial score (nSPS) is 10.1. The van der Waals surface area contributed by atoms with Gasteiger partial charge in [-0.3, -0.25) is 0 Å². The van der Waals surface area contributed by atoms with Gasteiger partial charge in [-0.05, 0) is 15.9 Å². The van der Waals surface area contributed by atoms with E-state index in [4.69, 9.17) is 0 Å². The molecule has 3 rings (SSSR count). The number of nitrogens with zero attached hydrogens (tertiary/aromatic N) is 3. The van der Waals surface area contributed by atoms with Crippen LogP contribution in [0.25, 0.3) is 0 Å². The predicted molar refractivity (Wildman–Crippen MR) is 87.9 cm³/mol. The van der Waals surface area contributed by atoms with E-state index in [1.807, 2.05) is 60.7 Å². The largest absolute Gasteiger partial charge is 0.249 e. The predicted octanol–water partition coefficient (Wildman–Crippen LogP) is 4.41. The maximum absolute atomic E-state index is 4.61. The highest BCUT2D eigenvalue weighted by atomic mass is 79.9. The average molecular weight is 338 g/mol. The van der Waals surface area contributed by atoms with Gasteiger partial charge in [-0.1, -0.05) is 60.7 Å². The number of benzene rings is 2. The summed E-state index contributed by atoms with van der Waals surface area (Å²) in [5.41, 5.74) is 2.93. The molecule has 1 heterocycles. The number of halogens is 1. The Bertz CT molecular complexity index is 697. The van der Waals surface area contributed by atoms with Gasteiger partial charge >= 0.3 is 0 Å². The molecule has 0 N–H and O–H groups in total. The third kappa shape index (κ3) is 3.41. The van der Waals surface area contributed by atoms with Crippen LogP contribution in [0.4, 0.5) is 5.95 Å². The van der Waals surface area contributed by atoms with Crippen molar-refractivity contribution < 1.29 is 0 Å². The molecule has 0 aliphatic rings. The van der Waals surface area contributed by atoms with E-state index in [0.717, 1.165) is 21.3 Å². The first kappa shape index (κ1) is 13.6. The van der Waals surface area contributed by atoms with Crippen LogP contribution in [-0.4, -0.2) is 15.7 Å². The molecule has 0 radical (unpaired) electrons. The Kier molecular flexibility index (Phi) is 4.17. The summed E-state index contributed by atoms with van der Waals surface area (Å²) in [7, 11) is 0. The van der Waals surface area contributed by atoms with E-state index in [2.05, 4.69) is 30.9 Å². The second-order valence-electron chi connectivity index (χ2n) is 4.39. The first-order valence-corrected chi connectivity index (χ1v) is 7.29. The summed E-state index contributed by atoms with van der Waals surface area (Å²) < 4.78 is 0.836. The van der Waals surface area contributed by atoms with Crippen molar-refractivity contribution in [1.82, 2.24) is 9.97 Å². The number of aromatic nitrogens is 2. The summed E-state index contributed by atoms with van der Waals surface area (Å²) in [6.07, 6.45) is 3.39. The summed E-state index contributed by atoms with van der Waals surface area (Å²) in [5, 5.41) is 0. The number of aliphatic imine (C=N–C) groups is 1. The lowest BCUT2D eigenvalue weighted by atomic mass is 10.0. The van der Waals surface area contributed by atoms with Crippen molar-refractivity contribution in [2.24, 2.45) is 4.99 Å². The molecule has 0 aliphatic heterocycles. The summed E-state index contributed by atoms with van der Waals surface area (Å²) in [4.78, 5) is 13.1. The lowest BCUT2D eigenvalue weighted by Crippen LogP contribution is -2.03. The van der Waals surface area contributed by atoms with Crippen LogP contribution < -0.4 is 0 Å². The maximum Gasteiger partial charge on any atom is 0.249 e. The van der Waals surface area contributed by atoms with Crippen LogP contribution in [0.3, 0.4) is 0 Å². The number of hydrogen-bond donors (Lipinski definition) is 0. The summed E-state index contributed by atoms with van der Waals surface area (Å²) in [5.74, 6) is 0.445. The Morgan fingerprint density at radius 3 is 1.71 bits per heavy atom. The van der Waals surface area contributed by atoms with Gasteiger partial charge in [0.15, 0.2) is 0 Å². The second-order valence-corrected chi connectivity index (χ2v) is 5.31. The summed E-state index contributed by atoms with van der Waals surface area (Å²) >= 11 is 3.33.